The van der Waals surface area contributed by atoms with E-state index in [-0.39, 0.29) is 5.41 Å². The van der Waals surface area contributed by atoms with Crippen molar-refractivity contribution in [2.24, 2.45) is 10.5 Å². The minimum atomic E-state index is -0.611. The maximum Gasteiger partial charge on any atom is 0.349 e. The van der Waals surface area contributed by atoms with Crippen molar-refractivity contribution in [1.29, 1.82) is 0 Å². The van der Waals surface area contributed by atoms with Crippen LogP contribution in [0.25, 0.3) is 10.9 Å². The van der Waals surface area contributed by atoms with E-state index in [0.717, 1.165) is 4.68 Å². The number of benzene rings is 2. The van der Waals surface area contributed by atoms with Crippen LogP contribution < -0.4 is 20.7 Å². The van der Waals surface area contributed by atoms with Crippen LogP contribution in [0, 0.1) is 5.41 Å². The lowest BCUT2D eigenvalue weighted by Crippen LogP contribution is -2.32. The quantitative estimate of drug-likeness (QED) is 0.689. The Labute approximate surface area is 162 Å². The van der Waals surface area contributed by atoms with Crippen molar-refractivity contribution in [3.63, 3.8) is 0 Å². The van der Waals surface area contributed by atoms with Gasteiger partial charge in [-0.05, 0) is 29.7 Å². The minimum Gasteiger partial charge on any atom is -0.493 e. The molecular formula is C21H23N3O4. The highest BCUT2D eigenvalue weighted by Gasteiger charge is 2.16. The fourth-order valence-electron chi connectivity index (χ4n) is 2.62. The average molecular weight is 381 g/mol. The molecule has 0 fully saturated rings. The predicted octanol–water partition coefficient (Wildman–Crippen LogP) is 3.01. The number of hydrogen-bond acceptors (Lipinski definition) is 5. The smallest absolute Gasteiger partial charge is 0.349 e. The van der Waals surface area contributed by atoms with Crippen LogP contribution in [-0.4, -0.2) is 29.6 Å². The summed E-state index contributed by atoms with van der Waals surface area (Å²) in [4.78, 5) is 27.5. The Hall–Kier alpha value is -3.35. The molecule has 0 bridgehead atoms. The molecule has 7 nitrogen and oxygen atoms in total. The molecule has 28 heavy (non-hydrogen) atoms. The average Bonchev–Trinajstić information content (AvgIpc) is 2.65. The molecule has 0 saturated carbocycles. The summed E-state index contributed by atoms with van der Waals surface area (Å²) in [5.41, 5.74) is -0.0833. The number of nitrogens with one attached hydrogen (secondary N) is 1. The van der Waals surface area contributed by atoms with Gasteiger partial charge in [-0.25, -0.2) is 4.79 Å². The van der Waals surface area contributed by atoms with Crippen LogP contribution in [0.1, 0.15) is 26.3 Å². The summed E-state index contributed by atoms with van der Waals surface area (Å²) in [7, 11) is 1.55. The van der Waals surface area contributed by atoms with Crippen LogP contribution in [0.3, 0.4) is 0 Å². The normalized spacial score (nSPS) is 11.9. The van der Waals surface area contributed by atoms with Crippen molar-refractivity contribution in [1.82, 2.24) is 9.66 Å². The molecule has 0 amide bonds. The molecule has 0 atom stereocenters. The molecule has 146 valence electrons. The van der Waals surface area contributed by atoms with E-state index >= 15 is 0 Å². The van der Waals surface area contributed by atoms with E-state index in [4.69, 9.17) is 9.47 Å². The van der Waals surface area contributed by atoms with Gasteiger partial charge in [0.15, 0.2) is 11.5 Å². The number of rotatable bonds is 5. The predicted molar refractivity (Wildman–Crippen MR) is 110 cm³/mol. The standard InChI is InChI=1S/C21H23N3O4/c1-21(2,3)13-28-18-14(8-7-11-17(18)27-4)12-22-24-19(25)15-9-5-6-10-16(15)23-20(24)26/h5-12H,13H2,1-4H3,(H,23,26). The summed E-state index contributed by atoms with van der Waals surface area (Å²) in [6.07, 6.45) is 1.42. The zero-order valence-corrected chi connectivity index (χ0v) is 16.4. The van der Waals surface area contributed by atoms with Crippen LogP contribution in [0.5, 0.6) is 11.5 Å². The van der Waals surface area contributed by atoms with Crippen LogP contribution in [0.4, 0.5) is 0 Å². The minimum absolute atomic E-state index is 0.0539. The van der Waals surface area contributed by atoms with E-state index in [1.165, 1.54) is 6.21 Å². The first-order chi connectivity index (χ1) is 13.3. The van der Waals surface area contributed by atoms with Crippen LogP contribution in [0.2, 0.25) is 0 Å². The summed E-state index contributed by atoms with van der Waals surface area (Å²) in [6.45, 7) is 6.64. The highest BCUT2D eigenvalue weighted by Crippen LogP contribution is 2.31. The number of aromatic amines is 1. The first-order valence-electron chi connectivity index (χ1n) is 8.88. The fourth-order valence-corrected chi connectivity index (χ4v) is 2.62. The van der Waals surface area contributed by atoms with Crippen molar-refractivity contribution in [2.75, 3.05) is 13.7 Å². The first kappa shape index (κ1) is 19.4. The number of nitrogens with zero attached hydrogens (tertiary/aromatic N) is 2. The van der Waals surface area contributed by atoms with Gasteiger partial charge >= 0.3 is 5.69 Å². The molecule has 0 unspecified atom stereocenters. The molecular weight excluding hydrogens is 358 g/mol. The van der Waals surface area contributed by atoms with Crippen LogP contribution in [-0.2, 0) is 0 Å². The number of methoxy groups -OCH3 is 1. The van der Waals surface area contributed by atoms with E-state index in [9.17, 15) is 9.59 Å². The van der Waals surface area contributed by atoms with Gasteiger partial charge in [0.2, 0.25) is 0 Å². The van der Waals surface area contributed by atoms with E-state index in [1.807, 2.05) is 0 Å². The molecule has 0 spiro atoms. The zero-order valence-electron chi connectivity index (χ0n) is 16.4. The topological polar surface area (TPSA) is 85.7 Å². The second-order valence-corrected chi connectivity index (χ2v) is 7.57. The van der Waals surface area contributed by atoms with E-state index in [2.05, 4.69) is 30.9 Å². The van der Waals surface area contributed by atoms with E-state index in [1.54, 1.807) is 49.6 Å². The van der Waals surface area contributed by atoms with Gasteiger partial charge in [0, 0.05) is 5.56 Å². The largest absolute Gasteiger partial charge is 0.493 e. The van der Waals surface area contributed by atoms with Crippen molar-refractivity contribution in [2.45, 2.75) is 20.8 Å². The van der Waals surface area contributed by atoms with Gasteiger partial charge < -0.3 is 14.5 Å². The summed E-state index contributed by atoms with van der Waals surface area (Å²) in [5, 5.41) is 4.49. The molecule has 0 aliphatic rings. The van der Waals surface area contributed by atoms with Crippen LogP contribution >= 0.6 is 0 Å². The van der Waals surface area contributed by atoms with Crippen LogP contribution in [0.15, 0.2) is 57.2 Å². The Balaban J connectivity index is 2.05. The Bertz CT molecular complexity index is 1140. The number of ether oxygens (including phenoxy) is 2. The Morgan fingerprint density at radius 3 is 2.57 bits per heavy atom. The second kappa shape index (κ2) is 7.72. The van der Waals surface area contributed by atoms with Gasteiger partial charge in [0.1, 0.15) is 0 Å². The van der Waals surface area contributed by atoms with Crippen molar-refractivity contribution >= 4 is 17.1 Å². The SMILES string of the molecule is COc1cccc(C=Nn2c(=O)[nH]c3ccccc3c2=O)c1OCC(C)(C)C. The molecule has 1 N–H and O–H groups in total. The van der Waals surface area contributed by atoms with Crippen molar-refractivity contribution in [3.8, 4) is 11.5 Å². The molecule has 0 saturated heterocycles. The lowest BCUT2D eigenvalue weighted by atomic mass is 9.98. The van der Waals surface area contributed by atoms with E-state index in [0.29, 0.717) is 34.6 Å². The summed E-state index contributed by atoms with van der Waals surface area (Å²) in [6, 6.07) is 12.2. The third kappa shape index (κ3) is 4.14. The highest BCUT2D eigenvalue weighted by atomic mass is 16.5. The van der Waals surface area contributed by atoms with E-state index < -0.39 is 11.2 Å². The van der Waals surface area contributed by atoms with Gasteiger partial charge in [-0.1, -0.05) is 39.0 Å². The number of H-pyrrole nitrogens is 1. The van der Waals surface area contributed by atoms with Crippen molar-refractivity contribution in [3.05, 3.63) is 68.9 Å². The monoisotopic (exact) mass is 381 g/mol. The summed E-state index contributed by atoms with van der Waals surface area (Å²) in [5.74, 6) is 1.06. The molecule has 2 aromatic carbocycles. The molecule has 3 aromatic rings. The summed E-state index contributed by atoms with van der Waals surface area (Å²) >= 11 is 0. The molecule has 0 aliphatic carbocycles. The molecule has 1 heterocycles. The van der Waals surface area contributed by atoms with Gasteiger partial charge in [-0.3, -0.25) is 4.79 Å². The molecule has 1 aromatic heterocycles. The van der Waals surface area contributed by atoms with Gasteiger partial charge in [0.25, 0.3) is 5.56 Å². The third-order valence-corrected chi connectivity index (χ3v) is 3.97. The van der Waals surface area contributed by atoms with Gasteiger partial charge in [-0.2, -0.15) is 5.10 Å². The second-order valence-electron chi connectivity index (χ2n) is 7.57. The third-order valence-electron chi connectivity index (χ3n) is 3.97. The Kier molecular flexibility index (Phi) is 5.35. The number of fused-ring (bicyclic) bond motifs is 1. The number of hydrogen-bond donors (Lipinski definition) is 1. The molecule has 0 aliphatic heterocycles. The molecule has 0 radical (unpaired) electrons. The van der Waals surface area contributed by atoms with Gasteiger partial charge in [-0.15, -0.1) is 4.68 Å². The Morgan fingerprint density at radius 1 is 1.11 bits per heavy atom. The first-order valence-corrected chi connectivity index (χ1v) is 8.88. The fraction of sp³-hybridized carbons (Fsp3) is 0.286. The Morgan fingerprint density at radius 2 is 1.86 bits per heavy atom. The maximum absolute atomic E-state index is 12.6. The summed E-state index contributed by atoms with van der Waals surface area (Å²) < 4.78 is 12.1. The van der Waals surface area contributed by atoms with Gasteiger partial charge in [0.05, 0.1) is 30.8 Å². The highest BCUT2D eigenvalue weighted by molar-refractivity contribution is 5.85. The zero-order chi connectivity index (χ0) is 20.3. The number of para-hydroxylation sites is 2. The molecule has 3 rings (SSSR count). The maximum atomic E-state index is 12.6. The lowest BCUT2D eigenvalue weighted by Gasteiger charge is -2.21. The lowest BCUT2D eigenvalue weighted by molar-refractivity contribution is 0.191. The molecule has 7 heteroatoms. The van der Waals surface area contributed by atoms with Crippen molar-refractivity contribution < 1.29 is 9.47 Å². The number of aromatic nitrogens is 2.